The Balaban J connectivity index is 2.34. The third-order valence-electron chi connectivity index (χ3n) is 2.61. The highest BCUT2D eigenvalue weighted by molar-refractivity contribution is 5.74. The van der Waals surface area contributed by atoms with E-state index in [2.05, 4.69) is 0 Å². The fourth-order valence-corrected chi connectivity index (χ4v) is 1.63. The first-order valence-electron chi connectivity index (χ1n) is 6.80. The summed E-state index contributed by atoms with van der Waals surface area (Å²) in [7, 11) is 1.56. The maximum atomic E-state index is 11.3. The van der Waals surface area contributed by atoms with Crippen molar-refractivity contribution in [2.75, 3.05) is 33.7 Å². The van der Waals surface area contributed by atoms with Crippen LogP contribution < -0.4 is 4.74 Å². The second-order valence-electron chi connectivity index (χ2n) is 4.28. The van der Waals surface area contributed by atoms with Gasteiger partial charge >= 0.3 is 5.97 Å². The summed E-state index contributed by atoms with van der Waals surface area (Å²) in [5, 5.41) is 9.66. The van der Waals surface area contributed by atoms with Gasteiger partial charge in [-0.3, -0.25) is 0 Å². The van der Waals surface area contributed by atoms with Crippen LogP contribution in [0.3, 0.4) is 0 Å². The maximum Gasteiger partial charge on any atom is 0.335 e. The number of ether oxygens (including phenoxy) is 4. The first-order chi connectivity index (χ1) is 10.2. The van der Waals surface area contributed by atoms with Crippen LogP contribution in [0.25, 0.3) is 0 Å². The molecule has 0 saturated heterocycles. The number of methoxy groups -OCH3 is 1. The van der Waals surface area contributed by atoms with Gasteiger partial charge in [0.15, 0.2) is 6.10 Å². The Morgan fingerprint density at radius 1 is 1.24 bits per heavy atom. The summed E-state index contributed by atoms with van der Waals surface area (Å²) in [6.07, 6.45) is -0.921. The predicted molar refractivity (Wildman–Crippen MR) is 76.1 cm³/mol. The molecule has 0 bridgehead atoms. The molecule has 1 aromatic carbocycles. The van der Waals surface area contributed by atoms with E-state index in [1.54, 1.807) is 38.3 Å². The lowest BCUT2D eigenvalue weighted by Gasteiger charge is -2.10. The van der Waals surface area contributed by atoms with E-state index < -0.39 is 12.1 Å². The number of aliphatic hydroxyl groups excluding tert-OH is 1. The van der Waals surface area contributed by atoms with Crippen LogP contribution in [-0.2, 0) is 25.4 Å². The zero-order valence-corrected chi connectivity index (χ0v) is 12.4. The monoisotopic (exact) mass is 298 g/mol. The summed E-state index contributed by atoms with van der Waals surface area (Å²) >= 11 is 0. The van der Waals surface area contributed by atoms with Gasteiger partial charge in [0, 0.05) is 13.5 Å². The van der Waals surface area contributed by atoms with Crippen molar-refractivity contribution in [3.05, 3.63) is 29.8 Å². The zero-order valence-electron chi connectivity index (χ0n) is 12.4. The van der Waals surface area contributed by atoms with Gasteiger partial charge in [-0.15, -0.1) is 0 Å². The molecule has 0 aliphatic heterocycles. The second kappa shape index (κ2) is 10.1. The quantitative estimate of drug-likeness (QED) is 0.397. The maximum absolute atomic E-state index is 11.3. The number of carbonyl (C=O) groups excluding carboxylic acids is 1. The van der Waals surface area contributed by atoms with Crippen LogP contribution in [0.2, 0.25) is 0 Å². The molecule has 0 aliphatic carbocycles. The van der Waals surface area contributed by atoms with Crippen LogP contribution in [0.5, 0.6) is 5.75 Å². The van der Waals surface area contributed by atoms with E-state index >= 15 is 0 Å². The van der Waals surface area contributed by atoms with Gasteiger partial charge in [0.2, 0.25) is 0 Å². The number of hydrogen-bond donors (Lipinski definition) is 1. The molecule has 1 unspecified atom stereocenters. The molecule has 21 heavy (non-hydrogen) atoms. The zero-order chi connectivity index (χ0) is 15.5. The van der Waals surface area contributed by atoms with Crippen LogP contribution in [0.15, 0.2) is 24.3 Å². The topological polar surface area (TPSA) is 74.2 Å². The van der Waals surface area contributed by atoms with Crippen molar-refractivity contribution >= 4 is 5.97 Å². The van der Waals surface area contributed by atoms with E-state index in [9.17, 15) is 9.90 Å². The summed E-state index contributed by atoms with van der Waals surface area (Å²) in [6.45, 7) is 3.07. The molecule has 1 atom stereocenters. The Kier molecular flexibility index (Phi) is 8.42. The molecule has 118 valence electrons. The normalized spacial score (nSPS) is 12.0. The SMILES string of the molecule is CCOC(=O)C(O)Cc1ccc(OCCOCOC)cc1. The molecule has 6 nitrogen and oxygen atoms in total. The van der Waals surface area contributed by atoms with Gasteiger partial charge in [-0.2, -0.15) is 0 Å². The lowest BCUT2D eigenvalue weighted by atomic mass is 10.1. The van der Waals surface area contributed by atoms with Crippen molar-refractivity contribution in [1.82, 2.24) is 0 Å². The van der Waals surface area contributed by atoms with E-state index in [0.29, 0.717) is 19.0 Å². The largest absolute Gasteiger partial charge is 0.491 e. The minimum absolute atomic E-state index is 0.218. The molecule has 1 N–H and O–H groups in total. The first kappa shape index (κ1) is 17.4. The number of esters is 1. The van der Waals surface area contributed by atoms with Gasteiger partial charge < -0.3 is 24.1 Å². The molecule has 0 saturated carbocycles. The fourth-order valence-electron chi connectivity index (χ4n) is 1.63. The molecule has 0 aliphatic rings. The van der Waals surface area contributed by atoms with E-state index in [1.165, 1.54) is 0 Å². The van der Waals surface area contributed by atoms with E-state index in [1.807, 2.05) is 0 Å². The van der Waals surface area contributed by atoms with Crippen LogP contribution in [0.4, 0.5) is 0 Å². The molecular formula is C15H22O6. The summed E-state index contributed by atoms with van der Waals surface area (Å²) in [6, 6.07) is 7.16. The van der Waals surface area contributed by atoms with Crippen molar-refractivity contribution in [1.29, 1.82) is 0 Å². The molecule has 0 aromatic heterocycles. The van der Waals surface area contributed by atoms with Crippen LogP contribution >= 0.6 is 0 Å². The molecular weight excluding hydrogens is 276 g/mol. The molecule has 0 radical (unpaired) electrons. The summed E-state index contributed by atoms with van der Waals surface area (Å²) in [5.41, 5.74) is 0.832. The van der Waals surface area contributed by atoms with Crippen molar-refractivity contribution in [3.8, 4) is 5.75 Å². The molecule has 1 aromatic rings. The average Bonchev–Trinajstić information content (AvgIpc) is 2.49. The number of benzene rings is 1. The second-order valence-corrected chi connectivity index (χ2v) is 4.28. The smallest absolute Gasteiger partial charge is 0.335 e. The molecule has 0 fully saturated rings. The minimum Gasteiger partial charge on any atom is -0.491 e. The summed E-state index contributed by atoms with van der Waals surface area (Å²) < 4.78 is 20.1. The van der Waals surface area contributed by atoms with Gasteiger partial charge in [-0.25, -0.2) is 4.79 Å². The third-order valence-corrected chi connectivity index (χ3v) is 2.61. The molecule has 0 amide bonds. The van der Waals surface area contributed by atoms with E-state index in [-0.39, 0.29) is 19.8 Å². The minimum atomic E-state index is -1.14. The van der Waals surface area contributed by atoms with E-state index in [4.69, 9.17) is 18.9 Å². The van der Waals surface area contributed by atoms with Crippen molar-refractivity contribution in [2.45, 2.75) is 19.4 Å². The van der Waals surface area contributed by atoms with Crippen LogP contribution in [-0.4, -0.2) is 50.9 Å². The highest BCUT2D eigenvalue weighted by Gasteiger charge is 2.16. The molecule has 0 heterocycles. The first-order valence-corrected chi connectivity index (χ1v) is 6.80. The van der Waals surface area contributed by atoms with Gasteiger partial charge in [-0.05, 0) is 24.6 Å². The van der Waals surface area contributed by atoms with Gasteiger partial charge in [0.25, 0.3) is 0 Å². The lowest BCUT2D eigenvalue weighted by Crippen LogP contribution is -2.25. The number of aliphatic hydroxyl groups is 1. The fraction of sp³-hybridized carbons (Fsp3) is 0.533. The van der Waals surface area contributed by atoms with Crippen molar-refractivity contribution in [2.24, 2.45) is 0 Å². The van der Waals surface area contributed by atoms with Gasteiger partial charge in [0.05, 0.1) is 13.2 Å². The standard InChI is InChI=1S/C15H22O6/c1-3-20-15(17)14(16)10-12-4-6-13(7-5-12)21-9-8-19-11-18-2/h4-7,14,16H,3,8-11H2,1-2H3. The van der Waals surface area contributed by atoms with E-state index in [0.717, 1.165) is 5.56 Å². The Morgan fingerprint density at radius 2 is 1.95 bits per heavy atom. The predicted octanol–water partition coefficient (Wildman–Crippen LogP) is 1.15. The Bertz CT molecular complexity index is 403. The Labute approximate surface area is 124 Å². The highest BCUT2D eigenvalue weighted by atomic mass is 16.7. The van der Waals surface area contributed by atoms with Crippen molar-refractivity contribution in [3.63, 3.8) is 0 Å². The van der Waals surface area contributed by atoms with Gasteiger partial charge in [0.1, 0.15) is 19.1 Å². The Morgan fingerprint density at radius 3 is 2.57 bits per heavy atom. The highest BCUT2D eigenvalue weighted by Crippen LogP contribution is 2.13. The summed E-state index contributed by atoms with van der Waals surface area (Å²) in [5.74, 6) is 0.0958. The van der Waals surface area contributed by atoms with Crippen LogP contribution in [0.1, 0.15) is 12.5 Å². The summed E-state index contributed by atoms with van der Waals surface area (Å²) in [4.78, 5) is 11.3. The van der Waals surface area contributed by atoms with Crippen LogP contribution in [0, 0.1) is 0 Å². The molecule has 6 heteroatoms. The average molecular weight is 298 g/mol. The third kappa shape index (κ3) is 7.08. The number of carbonyl (C=O) groups is 1. The molecule has 1 rings (SSSR count). The van der Waals surface area contributed by atoms with Gasteiger partial charge in [-0.1, -0.05) is 12.1 Å². The molecule has 0 spiro atoms. The lowest BCUT2D eigenvalue weighted by molar-refractivity contribution is -0.152. The van der Waals surface area contributed by atoms with Crippen molar-refractivity contribution < 1.29 is 28.8 Å². The number of hydrogen-bond acceptors (Lipinski definition) is 6. The Hall–Kier alpha value is -1.63. The number of rotatable bonds is 10.